The van der Waals surface area contributed by atoms with Gasteiger partial charge in [-0.05, 0) is 25.1 Å². The van der Waals surface area contributed by atoms with E-state index in [1.807, 2.05) is 6.07 Å². The van der Waals surface area contributed by atoms with Gasteiger partial charge in [0.25, 0.3) is 0 Å². The van der Waals surface area contributed by atoms with Crippen LogP contribution in [0.15, 0.2) is 23.1 Å². The highest BCUT2D eigenvalue weighted by Crippen LogP contribution is 2.22. The van der Waals surface area contributed by atoms with E-state index in [1.165, 1.54) is 18.2 Å². The van der Waals surface area contributed by atoms with Crippen molar-refractivity contribution >= 4 is 27.5 Å². The molecule has 1 aromatic carbocycles. The molecule has 0 aliphatic heterocycles. The Bertz CT molecular complexity index is 638. The molecule has 20 heavy (non-hydrogen) atoms. The minimum atomic E-state index is -3.80. The molecule has 0 fully saturated rings. The molecule has 8 heteroatoms. The Kier molecular flexibility index (Phi) is 5.95. The van der Waals surface area contributed by atoms with E-state index >= 15 is 0 Å². The molecule has 0 radical (unpaired) electrons. The normalized spacial score (nSPS) is 10.8. The molecule has 0 unspecified atom stereocenters. The molecule has 1 aromatic rings. The van der Waals surface area contributed by atoms with Crippen LogP contribution in [0.3, 0.4) is 0 Å². The number of nitrogens with zero attached hydrogens (tertiary/aromatic N) is 1. The Balaban J connectivity index is 2.75. The summed E-state index contributed by atoms with van der Waals surface area (Å²) in [6.45, 7) is 2.25. The van der Waals surface area contributed by atoms with Crippen LogP contribution in [0, 0.1) is 11.3 Å². The number of amides is 1. The first kappa shape index (κ1) is 16.4. The molecule has 0 aromatic heterocycles. The van der Waals surface area contributed by atoms with Crippen LogP contribution < -0.4 is 10.0 Å². The van der Waals surface area contributed by atoms with E-state index in [0.29, 0.717) is 6.54 Å². The number of carbonyl (C=O) groups is 1. The second-order valence-corrected chi connectivity index (χ2v) is 6.00. The first-order valence-corrected chi connectivity index (χ1v) is 7.73. The fraction of sp³-hybridized carbons (Fsp3) is 0.333. The minimum absolute atomic E-state index is 0.0233. The zero-order valence-electron chi connectivity index (χ0n) is 10.8. The van der Waals surface area contributed by atoms with Crippen molar-refractivity contribution in [1.82, 2.24) is 10.0 Å². The predicted molar refractivity (Wildman–Crippen MR) is 74.7 cm³/mol. The molecule has 0 atom stereocenters. The number of carbonyl (C=O) groups excluding carboxylic acids is 1. The number of benzene rings is 1. The maximum Gasteiger partial charge on any atom is 0.242 e. The lowest BCUT2D eigenvalue weighted by molar-refractivity contribution is -0.120. The van der Waals surface area contributed by atoms with Gasteiger partial charge in [0.05, 0.1) is 16.7 Å². The number of rotatable bonds is 6. The maximum absolute atomic E-state index is 12.0. The van der Waals surface area contributed by atoms with Gasteiger partial charge in [0, 0.05) is 19.5 Å². The van der Waals surface area contributed by atoms with Crippen LogP contribution in [0.25, 0.3) is 0 Å². The van der Waals surface area contributed by atoms with Crippen molar-refractivity contribution in [1.29, 1.82) is 5.26 Å². The highest BCUT2D eigenvalue weighted by Gasteiger charge is 2.18. The van der Waals surface area contributed by atoms with Gasteiger partial charge in [0.1, 0.15) is 4.90 Å². The van der Waals surface area contributed by atoms with Crippen molar-refractivity contribution in [3.05, 3.63) is 28.8 Å². The number of nitrogens with one attached hydrogen (secondary N) is 2. The van der Waals surface area contributed by atoms with Gasteiger partial charge in [-0.2, -0.15) is 5.26 Å². The van der Waals surface area contributed by atoms with Gasteiger partial charge in [0.2, 0.25) is 15.9 Å². The first-order valence-electron chi connectivity index (χ1n) is 5.86. The fourth-order valence-electron chi connectivity index (χ4n) is 1.45. The monoisotopic (exact) mass is 315 g/mol. The summed E-state index contributed by atoms with van der Waals surface area (Å²) in [5, 5.41) is 11.2. The van der Waals surface area contributed by atoms with E-state index in [2.05, 4.69) is 10.0 Å². The Labute approximate surface area is 122 Å². The third kappa shape index (κ3) is 4.49. The van der Waals surface area contributed by atoms with Gasteiger partial charge in [-0.3, -0.25) is 4.79 Å². The van der Waals surface area contributed by atoms with E-state index < -0.39 is 10.0 Å². The van der Waals surface area contributed by atoms with E-state index in [0.717, 1.165) is 0 Å². The third-order valence-corrected chi connectivity index (χ3v) is 4.31. The van der Waals surface area contributed by atoms with Crippen LogP contribution in [-0.4, -0.2) is 27.4 Å². The molecule has 1 rings (SSSR count). The molecule has 0 bridgehead atoms. The van der Waals surface area contributed by atoms with Crippen molar-refractivity contribution < 1.29 is 13.2 Å². The largest absolute Gasteiger partial charge is 0.356 e. The summed E-state index contributed by atoms with van der Waals surface area (Å²) in [7, 11) is -3.80. The van der Waals surface area contributed by atoms with Gasteiger partial charge < -0.3 is 5.32 Å². The average Bonchev–Trinajstić information content (AvgIpc) is 2.38. The SMILES string of the molecule is CCNC(=O)CCNS(=O)(=O)c1ccc(C#N)cc1Cl. The Morgan fingerprint density at radius 3 is 2.70 bits per heavy atom. The number of halogens is 1. The molecule has 108 valence electrons. The van der Waals surface area contributed by atoms with Gasteiger partial charge in [-0.1, -0.05) is 11.6 Å². The zero-order chi connectivity index (χ0) is 15.2. The Morgan fingerprint density at radius 2 is 2.15 bits per heavy atom. The number of hydrogen-bond acceptors (Lipinski definition) is 4. The maximum atomic E-state index is 12.0. The summed E-state index contributed by atoms with van der Waals surface area (Å²) < 4.78 is 26.3. The minimum Gasteiger partial charge on any atom is -0.356 e. The summed E-state index contributed by atoms with van der Waals surface area (Å²) in [5.41, 5.74) is 0.274. The highest BCUT2D eigenvalue weighted by molar-refractivity contribution is 7.89. The van der Waals surface area contributed by atoms with E-state index in [4.69, 9.17) is 16.9 Å². The van der Waals surface area contributed by atoms with Crippen molar-refractivity contribution in [3.8, 4) is 6.07 Å². The van der Waals surface area contributed by atoms with Crippen LogP contribution in [0.2, 0.25) is 5.02 Å². The second kappa shape index (κ2) is 7.24. The number of nitriles is 1. The lowest BCUT2D eigenvalue weighted by Crippen LogP contribution is -2.30. The third-order valence-electron chi connectivity index (χ3n) is 2.37. The molecule has 0 spiro atoms. The zero-order valence-corrected chi connectivity index (χ0v) is 12.4. The topological polar surface area (TPSA) is 99.1 Å². The van der Waals surface area contributed by atoms with E-state index in [-0.39, 0.29) is 34.4 Å². The molecule has 0 heterocycles. The fourth-order valence-corrected chi connectivity index (χ4v) is 3.02. The highest BCUT2D eigenvalue weighted by atomic mass is 35.5. The number of sulfonamides is 1. The molecule has 1 amide bonds. The summed E-state index contributed by atoms with van der Waals surface area (Å²) in [5.74, 6) is -0.235. The van der Waals surface area contributed by atoms with Crippen molar-refractivity contribution in [2.24, 2.45) is 0 Å². The molecular weight excluding hydrogens is 302 g/mol. The van der Waals surface area contributed by atoms with Crippen LogP contribution in [0.4, 0.5) is 0 Å². The van der Waals surface area contributed by atoms with Gasteiger partial charge in [0.15, 0.2) is 0 Å². The van der Waals surface area contributed by atoms with Gasteiger partial charge in [-0.25, -0.2) is 13.1 Å². The van der Waals surface area contributed by atoms with Crippen molar-refractivity contribution in [3.63, 3.8) is 0 Å². The quantitative estimate of drug-likeness (QED) is 0.818. The molecule has 0 saturated heterocycles. The molecule has 6 nitrogen and oxygen atoms in total. The van der Waals surface area contributed by atoms with Crippen LogP contribution >= 0.6 is 11.6 Å². The van der Waals surface area contributed by atoms with Crippen molar-refractivity contribution in [2.45, 2.75) is 18.2 Å². The van der Waals surface area contributed by atoms with E-state index in [9.17, 15) is 13.2 Å². The lowest BCUT2D eigenvalue weighted by Gasteiger charge is -2.08. The number of hydrogen-bond donors (Lipinski definition) is 2. The van der Waals surface area contributed by atoms with Crippen LogP contribution in [0.1, 0.15) is 18.9 Å². The molecule has 0 aliphatic carbocycles. The van der Waals surface area contributed by atoms with Gasteiger partial charge in [-0.15, -0.1) is 0 Å². The van der Waals surface area contributed by atoms with Crippen LogP contribution in [0.5, 0.6) is 0 Å². The molecule has 0 aliphatic rings. The van der Waals surface area contributed by atoms with E-state index in [1.54, 1.807) is 6.92 Å². The average molecular weight is 316 g/mol. The molecular formula is C12H14ClN3O3S. The van der Waals surface area contributed by atoms with Crippen LogP contribution in [-0.2, 0) is 14.8 Å². The first-order chi connectivity index (χ1) is 9.40. The predicted octanol–water partition coefficient (Wildman–Crippen LogP) is 1.02. The summed E-state index contributed by atoms with van der Waals surface area (Å²) in [4.78, 5) is 11.1. The summed E-state index contributed by atoms with van der Waals surface area (Å²) in [6.07, 6.45) is 0.0426. The Hall–Kier alpha value is -1.62. The van der Waals surface area contributed by atoms with Gasteiger partial charge >= 0.3 is 0 Å². The lowest BCUT2D eigenvalue weighted by atomic mass is 10.2. The smallest absolute Gasteiger partial charge is 0.242 e. The second-order valence-electron chi connectivity index (χ2n) is 3.86. The molecule has 2 N–H and O–H groups in total. The molecule has 0 saturated carbocycles. The standard InChI is InChI=1S/C12H14ClN3O3S/c1-2-15-12(17)5-6-16-20(18,19)11-4-3-9(8-14)7-10(11)13/h3-4,7,16H,2,5-6H2,1H3,(H,15,17). The summed E-state index contributed by atoms with van der Waals surface area (Å²) in [6, 6.07) is 5.77. The van der Waals surface area contributed by atoms with Crippen molar-refractivity contribution in [2.75, 3.05) is 13.1 Å². The Morgan fingerprint density at radius 1 is 1.45 bits per heavy atom. The summed E-state index contributed by atoms with van der Waals surface area (Å²) >= 11 is 5.83.